The van der Waals surface area contributed by atoms with Gasteiger partial charge in [-0.05, 0) is 62.8 Å². The number of aryl methyl sites for hydroxylation is 2. The standard InChI is InChI=1S/C27H33N3O2/c1-3-4-5-6-11-21-14-16-22(17-15-21)27(31)30-18-8-7-13-24(30)26-28-25(29-32-26)23-12-9-10-20(2)19-23/h9-10,12,14-17,19,24H,3-8,11,13,18H2,1-2H3/t24-/m0/s1. The van der Waals surface area contributed by atoms with Gasteiger partial charge in [-0.2, -0.15) is 4.98 Å². The van der Waals surface area contributed by atoms with Gasteiger partial charge in [0.05, 0.1) is 0 Å². The van der Waals surface area contributed by atoms with Crippen molar-refractivity contribution < 1.29 is 9.32 Å². The largest absolute Gasteiger partial charge is 0.337 e. The van der Waals surface area contributed by atoms with Gasteiger partial charge in [0.2, 0.25) is 11.7 Å². The van der Waals surface area contributed by atoms with E-state index in [0.29, 0.717) is 18.3 Å². The molecule has 5 nitrogen and oxygen atoms in total. The van der Waals surface area contributed by atoms with Crippen molar-refractivity contribution in [1.29, 1.82) is 0 Å². The monoisotopic (exact) mass is 431 g/mol. The van der Waals surface area contributed by atoms with Crippen LogP contribution in [0.5, 0.6) is 0 Å². The average molecular weight is 432 g/mol. The third-order valence-electron chi connectivity index (χ3n) is 6.29. The van der Waals surface area contributed by atoms with Crippen LogP contribution >= 0.6 is 0 Å². The minimum atomic E-state index is -0.170. The Balaban J connectivity index is 1.47. The molecular weight excluding hydrogens is 398 g/mol. The number of piperidine rings is 1. The normalized spacial score (nSPS) is 16.3. The Kier molecular flexibility index (Phi) is 7.35. The number of benzene rings is 2. The molecule has 0 N–H and O–H groups in total. The summed E-state index contributed by atoms with van der Waals surface area (Å²) < 4.78 is 5.64. The Morgan fingerprint density at radius 1 is 1.09 bits per heavy atom. The summed E-state index contributed by atoms with van der Waals surface area (Å²) in [7, 11) is 0. The molecule has 1 aliphatic rings. The van der Waals surface area contributed by atoms with Gasteiger partial charge in [0.25, 0.3) is 5.91 Å². The molecule has 2 aromatic carbocycles. The molecule has 4 rings (SSSR count). The third kappa shape index (κ3) is 5.26. The van der Waals surface area contributed by atoms with Gasteiger partial charge in [-0.15, -0.1) is 0 Å². The summed E-state index contributed by atoms with van der Waals surface area (Å²) in [5, 5.41) is 4.20. The maximum absolute atomic E-state index is 13.4. The van der Waals surface area contributed by atoms with Gasteiger partial charge in [-0.25, -0.2) is 0 Å². The predicted molar refractivity (Wildman–Crippen MR) is 126 cm³/mol. The molecule has 32 heavy (non-hydrogen) atoms. The zero-order valence-corrected chi connectivity index (χ0v) is 19.2. The Hall–Kier alpha value is -2.95. The summed E-state index contributed by atoms with van der Waals surface area (Å²) in [4.78, 5) is 19.9. The van der Waals surface area contributed by atoms with Crippen LogP contribution < -0.4 is 0 Å². The van der Waals surface area contributed by atoms with E-state index in [1.165, 1.54) is 31.2 Å². The second-order valence-corrected chi connectivity index (χ2v) is 8.84. The molecule has 0 unspecified atom stereocenters. The minimum absolute atomic E-state index is 0.0440. The third-order valence-corrected chi connectivity index (χ3v) is 6.29. The Bertz CT molecular complexity index is 1030. The molecule has 1 amide bonds. The number of carbonyl (C=O) groups is 1. The van der Waals surface area contributed by atoms with Crippen LogP contribution in [0, 0.1) is 6.92 Å². The molecule has 0 bridgehead atoms. The van der Waals surface area contributed by atoms with Crippen LogP contribution in [0.1, 0.15) is 85.3 Å². The van der Waals surface area contributed by atoms with E-state index in [2.05, 4.69) is 29.2 Å². The molecule has 5 heteroatoms. The summed E-state index contributed by atoms with van der Waals surface area (Å²) in [6, 6.07) is 16.0. The van der Waals surface area contributed by atoms with Crippen LogP contribution in [-0.4, -0.2) is 27.5 Å². The number of likely N-dealkylation sites (tertiary alicyclic amines) is 1. The molecule has 168 valence electrons. The lowest BCUT2D eigenvalue weighted by Gasteiger charge is -2.33. The highest BCUT2D eigenvalue weighted by Gasteiger charge is 2.32. The minimum Gasteiger partial charge on any atom is -0.337 e. The predicted octanol–water partition coefficient (Wildman–Crippen LogP) is 6.54. The lowest BCUT2D eigenvalue weighted by atomic mass is 9.99. The highest BCUT2D eigenvalue weighted by molar-refractivity contribution is 5.94. The molecule has 0 saturated carbocycles. The smallest absolute Gasteiger partial charge is 0.254 e. The molecule has 1 atom stereocenters. The second-order valence-electron chi connectivity index (χ2n) is 8.84. The van der Waals surface area contributed by atoms with Crippen LogP contribution in [0.4, 0.5) is 0 Å². The van der Waals surface area contributed by atoms with Gasteiger partial charge < -0.3 is 9.42 Å². The van der Waals surface area contributed by atoms with Crippen molar-refractivity contribution in [3.63, 3.8) is 0 Å². The lowest BCUT2D eigenvalue weighted by Crippen LogP contribution is -2.38. The first-order chi connectivity index (χ1) is 15.7. The van der Waals surface area contributed by atoms with Crippen molar-refractivity contribution in [1.82, 2.24) is 15.0 Å². The summed E-state index contributed by atoms with van der Waals surface area (Å²) >= 11 is 0. The van der Waals surface area contributed by atoms with Crippen molar-refractivity contribution in [3.8, 4) is 11.4 Å². The fraction of sp³-hybridized carbons (Fsp3) is 0.444. The molecule has 1 fully saturated rings. The summed E-state index contributed by atoms with van der Waals surface area (Å²) in [5.41, 5.74) is 4.11. The first kappa shape index (κ1) is 22.3. The van der Waals surface area contributed by atoms with Crippen LogP contribution in [0.3, 0.4) is 0 Å². The number of amides is 1. The zero-order chi connectivity index (χ0) is 22.3. The SMILES string of the molecule is CCCCCCc1ccc(C(=O)N2CCCC[C@H]2c2nc(-c3cccc(C)c3)no2)cc1. The molecule has 2 heterocycles. The van der Waals surface area contributed by atoms with E-state index in [1.807, 2.05) is 48.2 Å². The first-order valence-corrected chi connectivity index (χ1v) is 12.0. The second kappa shape index (κ2) is 10.6. The summed E-state index contributed by atoms with van der Waals surface area (Å²) in [5.74, 6) is 1.15. The Labute approximate surface area is 190 Å². The Morgan fingerprint density at radius 3 is 2.72 bits per heavy atom. The number of unbranched alkanes of at least 4 members (excludes halogenated alkanes) is 3. The van der Waals surface area contributed by atoms with Crippen LogP contribution in [0.15, 0.2) is 53.1 Å². The number of rotatable bonds is 8. The van der Waals surface area contributed by atoms with Crippen LogP contribution in [0.25, 0.3) is 11.4 Å². The van der Waals surface area contributed by atoms with E-state index in [9.17, 15) is 4.79 Å². The molecule has 0 radical (unpaired) electrons. The van der Waals surface area contributed by atoms with Gasteiger partial charge in [0, 0.05) is 17.7 Å². The van der Waals surface area contributed by atoms with Crippen molar-refractivity contribution in [3.05, 3.63) is 71.1 Å². The quantitative estimate of drug-likeness (QED) is 0.380. The van der Waals surface area contributed by atoms with Crippen molar-refractivity contribution in [2.75, 3.05) is 6.54 Å². The van der Waals surface area contributed by atoms with E-state index >= 15 is 0 Å². The molecule has 0 aliphatic carbocycles. The fourth-order valence-electron chi connectivity index (χ4n) is 4.44. The fourth-order valence-corrected chi connectivity index (χ4v) is 4.44. The molecule has 1 aliphatic heterocycles. The van der Waals surface area contributed by atoms with Gasteiger partial charge in [-0.1, -0.05) is 67.2 Å². The average Bonchev–Trinajstić information content (AvgIpc) is 3.32. The summed E-state index contributed by atoms with van der Waals surface area (Å²) in [6.45, 7) is 4.99. The topological polar surface area (TPSA) is 59.2 Å². The molecule has 3 aromatic rings. The van der Waals surface area contributed by atoms with Gasteiger partial charge in [0.15, 0.2) is 0 Å². The molecular formula is C27H33N3O2. The number of hydrogen-bond acceptors (Lipinski definition) is 4. The van der Waals surface area contributed by atoms with E-state index in [4.69, 9.17) is 4.52 Å². The number of hydrogen-bond donors (Lipinski definition) is 0. The first-order valence-electron chi connectivity index (χ1n) is 12.0. The number of carbonyl (C=O) groups excluding carboxylic acids is 1. The number of nitrogens with zero attached hydrogens (tertiary/aromatic N) is 3. The van der Waals surface area contributed by atoms with Crippen LogP contribution in [0.2, 0.25) is 0 Å². The number of aromatic nitrogens is 2. The highest BCUT2D eigenvalue weighted by atomic mass is 16.5. The van der Waals surface area contributed by atoms with E-state index in [-0.39, 0.29) is 11.9 Å². The summed E-state index contributed by atoms with van der Waals surface area (Å²) in [6.07, 6.45) is 8.97. The zero-order valence-electron chi connectivity index (χ0n) is 19.2. The van der Waals surface area contributed by atoms with Gasteiger partial charge in [0.1, 0.15) is 6.04 Å². The van der Waals surface area contributed by atoms with Crippen molar-refractivity contribution in [2.24, 2.45) is 0 Å². The van der Waals surface area contributed by atoms with E-state index < -0.39 is 0 Å². The molecule has 0 spiro atoms. The van der Waals surface area contributed by atoms with Gasteiger partial charge >= 0.3 is 0 Å². The molecule has 1 saturated heterocycles. The Morgan fingerprint density at radius 2 is 1.94 bits per heavy atom. The highest BCUT2D eigenvalue weighted by Crippen LogP contribution is 2.32. The van der Waals surface area contributed by atoms with Crippen molar-refractivity contribution in [2.45, 2.75) is 71.3 Å². The molecule has 1 aromatic heterocycles. The maximum atomic E-state index is 13.4. The van der Waals surface area contributed by atoms with E-state index in [1.54, 1.807) is 0 Å². The maximum Gasteiger partial charge on any atom is 0.254 e. The van der Waals surface area contributed by atoms with E-state index in [0.717, 1.165) is 42.4 Å². The van der Waals surface area contributed by atoms with Gasteiger partial charge in [-0.3, -0.25) is 4.79 Å². The van der Waals surface area contributed by atoms with Crippen molar-refractivity contribution >= 4 is 5.91 Å². The lowest BCUT2D eigenvalue weighted by molar-refractivity contribution is 0.0561. The van der Waals surface area contributed by atoms with Crippen LogP contribution in [-0.2, 0) is 6.42 Å².